The van der Waals surface area contributed by atoms with E-state index in [0.717, 1.165) is 50.9 Å². The molecule has 6 heteroatoms. The molecular formula is C60H47BN2O2S. The van der Waals surface area contributed by atoms with Crippen LogP contribution in [0.25, 0.3) is 103 Å². The van der Waals surface area contributed by atoms with Gasteiger partial charge in [0.2, 0.25) is 0 Å². The maximum absolute atomic E-state index is 7.06. The van der Waals surface area contributed by atoms with Gasteiger partial charge in [0.15, 0.2) is 0 Å². The fourth-order valence-corrected chi connectivity index (χ4v) is 13.7. The Kier molecular flexibility index (Phi) is 6.91. The number of hydrogen-bond acceptors (Lipinski definition) is 4. The minimum absolute atomic E-state index is 0.0197. The molecule has 0 radical (unpaired) electrons. The van der Waals surface area contributed by atoms with Crippen LogP contribution in [-0.4, -0.2) is 11.4 Å². The van der Waals surface area contributed by atoms with Crippen LogP contribution in [-0.2, 0) is 16.2 Å². The lowest BCUT2D eigenvalue weighted by atomic mass is 9.44. The van der Waals surface area contributed by atoms with Gasteiger partial charge in [0.1, 0.15) is 22.3 Å². The minimum atomic E-state index is -0.131. The predicted octanol–water partition coefficient (Wildman–Crippen LogP) is 15.8. The highest BCUT2D eigenvalue weighted by Gasteiger charge is 2.45. The van der Waals surface area contributed by atoms with E-state index in [1.807, 2.05) is 11.3 Å². The first-order chi connectivity index (χ1) is 31.8. The van der Waals surface area contributed by atoms with Crippen molar-refractivity contribution in [3.8, 4) is 16.8 Å². The van der Waals surface area contributed by atoms with Crippen LogP contribution >= 0.6 is 11.3 Å². The first kappa shape index (κ1) is 37.5. The van der Waals surface area contributed by atoms with E-state index in [1.54, 1.807) is 0 Å². The zero-order valence-electron chi connectivity index (χ0n) is 38.3. The lowest BCUT2D eigenvalue weighted by Crippen LogP contribution is -2.60. The molecule has 4 aromatic heterocycles. The summed E-state index contributed by atoms with van der Waals surface area (Å²) in [5.41, 5.74) is 19.3. The summed E-state index contributed by atoms with van der Waals surface area (Å²) in [5, 5.41) is 9.68. The molecule has 0 unspecified atom stereocenters. The third-order valence-corrected chi connectivity index (χ3v) is 17.3. The fraction of sp³-hybridized carbons (Fsp3) is 0.200. The summed E-state index contributed by atoms with van der Waals surface area (Å²) in [6.45, 7) is 16.4. The Morgan fingerprint density at radius 2 is 1.27 bits per heavy atom. The number of nitrogens with zero attached hydrogens (tertiary/aromatic N) is 2. The van der Waals surface area contributed by atoms with Crippen molar-refractivity contribution in [2.45, 2.75) is 77.6 Å². The number of para-hydroxylation sites is 1. The molecule has 0 atom stereocenters. The zero-order valence-corrected chi connectivity index (χ0v) is 39.1. The normalized spacial score (nSPS) is 16.2. The summed E-state index contributed by atoms with van der Waals surface area (Å²) in [6.07, 6.45) is 2.33. The number of rotatable bonds is 1. The largest absolute Gasteiger partial charge is 0.456 e. The molecule has 0 spiro atoms. The standard InChI is InChI=1S/C60H47BN2O2S/c1-58(2,3)32-16-18-33(19-17-32)63-47-30-51-40(41-27-43-44(29-50(41)64-51)60(6,7)25-24-59(43,4)5)26-39(47)36-20-21-38-54-46(23-22-37-34-12-8-10-14-49(34)65-57(37)54)62-48-31-53-42(35-13-9-11-15-52(35)66-53)28-45(48)61(63)55(36)56(38)62/h8-23,26-31H,24-25H2,1-7H3. The molecule has 0 amide bonds. The van der Waals surface area contributed by atoms with Crippen molar-refractivity contribution in [1.29, 1.82) is 0 Å². The number of aromatic nitrogens is 1. The van der Waals surface area contributed by atoms with E-state index >= 15 is 0 Å². The Hall–Kier alpha value is -6.76. The SMILES string of the molecule is CC(C)(C)c1ccc(N2B3c4cc5c(cc4-n4c6ccc7c8ccccc8oc7c6c6ccc(c3c64)-c3cc4c(cc32)oc2cc3c(cc24)C(C)(C)CCC3(C)C)sc2ccccc25)cc1. The number of fused-ring (bicyclic) bond motifs is 19. The summed E-state index contributed by atoms with van der Waals surface area (Å²) < 4.78 is 19.1. The van der Waals surface area contributed by atoms with Crippen LogP contribution in [0.4, 0.5) is 11.4 Å². The van der Waals surface area contributed by atoms with E-state index in [4.69, 9.17) is 8.83 Å². The molecule has 8 aromatic carbocycles. The number of hydrogen-bond donors (Lipinski definition) is 0. The number of furan rings is 2. The van der Waals surface area contributed by atoms with E-state index in [-0.39, 0.29) is 23.1 Å². The summed E-state index contributed by atoms with van der Waals surface area (Å²) in [5.74, 6) is 0. The average Bonchev–Trinajstić information content (AvgIpc) is 4.06. The first-order valence-corrected chi connectivity index (χ1v) is 24.5. The summed E-state index contributed by atoms with van der Waals surface area (Å²) in [6, 6.07) is 50.9. The molecule has 318 valence electrons. The highest BCUT2D eigenvalue weighted by atomic mass is 32.1. The third kappa shape index (κ3) is 4.70. The lowest BCUT2D eigenvalue weighted by Gasteiger charge is -2.42. The van der Waals surface area contributed by atoms with Crippen molar-refractivity contribution in [3.63, 3.8) is 0 Å². The van der Waals surface area contributed by atoms with E-state index in [2.05, 4.69) is 191 Å². The van der Waals surface area contributed by atoms with Gasteiger partial charge < -0.3 is 18.2 Å². The van der Waals surface area contributed by atoms with Crippen LogP contribution in [0.3, 0.4) is 0 Å². The maximum Gasteiger partial charge on any atom is 0.333 e. The van der Waals surface area contributed by atoms with Gasteiger partial charge in [-0.1, -0.05) is 115 Å². The molecule has 0 fully saturated rings. The highest BCUT2D eigenvalue weighted by molar-refractivity contribution is 7.26. The molecule has 3 aliphatic rings. The van der Waals surface area contributed by atoms with Crippen LogP contribution in [0.5, 0.6) is 0 Å². The van der Waals surface area contributed by atoms with Crippen molar-refractivity contribution in [2.24, 2.45) is 0 Å². The molecule has 0 N–H and O–H groups in total. The number of benzene rings is 8. The molecule has 12 aromatic rings. The van der Waals surface area contributed by atoms with Crippen molar-refractivity contribution in [3.05, 3.63) is 150 Å². The van der Waals surface area contributed by atoms with Crippen LogP contribution in [0.2, 0.25) is 0 Å². The second kappa shape index (κ2) is 12.2. The summed E-state index contributed by atoms with van der Waals surface area (Å²) in [4.78, 5) is 2.64. The third-order valence-electron chi connectivity index (χ3n) is 16.2. The number of thiophene rings is 1. The predicted molar refractivity (Wildman–Crippen MR) is 281 cm³/mol. The van der Waals surface area contributed by atoms with Gasteiger partial charge in [0.05, 0.1) is 16.4 Å². The van der Waals surface area contributed by atoms with Gasteiger partial charge in [0.25, 0.3) is 0 Å². The molecule has 66 heavy (non-hydrogen) atoms. The van der Waals surface area contributed by atoms with Crippen LogP contribution in [0, 0.1) is 0 Å². The summed E-state index contributed by atoms with van der Waals surface area (Å²) >= 11 is 1.89. The Bertz CT molecular complexity index is 4170. The smallest absolute Gasteiger partial charge is 0.333 e. The second-order valence-corrected chi connectivity index (χ2v) is 23.0. The molecule has 15 rings (SSSR count). The zero-order chi connectivity index (χ0) is 44.3. The Balaban J connectivity index is 1.11. The van der Waals surface area contributed by atoms with Crippen molar-refractivity contribution in [2.75, 3.05) is 4.81 Å². The maximum atomic E-state index is 7.06. The molecule has 1 aliphatic carbocycles. The quantitative estimate of drug-likeness (QED) is 0.154. The Morgan fingerprint density at radius 3 is 2.08 bits per heavy atom. The average molecular weight is 871 g/mol. The molecule has 6 heterocycles. The minimum Gasteiger partial charge on any atom is -0.456 e. The lowest BCUT2D eigenvalue weighted by molar-refractivity contribution is 0.332. The van der Waals surface area contributed by atoms with E-state index in [0.29, 0.717) is 0 Å². The molecule has 0 saturated heterocycles. The number of anilines is 2. The van der Waals surface area contributed by atoms with E-state index in [1.165, 1.54) is 104 Å². The van der Waals surface area contributed by atoms with Gasteiger partial charge in [-0.3, -0.25) is 0 Å². The first-order valence-electron chi connectivity index (χ1n) is 23.6. The van der Waals surface area contributed by atoms with Gasteiger partial charge >= 0.3 is 6.85 Å². The molecule has 0 saturated carbocycles. The van der Waals surface area contributed by atoms with Gasteiger partial charge in [-0.05, 0) is 123 Å². The monoisotopic (exact) mass is 870 g/mol. The molecule has 4 nitrogen and oxygen atoms in total. The van der Waals surface area contributed by atoms with E-state index < -0.39 is 0 Å². The van der Waals surface area contributed by atoms with Gasteiger partial charge in [0, 0.05) is 75.8 Å². The van der Waals surface area contributed by atoms with Gasteiger partial charge in [-0.2, -0.15) is 0 Å². The van der Waals surface area contributed by atoms with Crippen molar-refractivity contribution < 1.29 is 8.83 Å². The Labute approximate surface area is 387 Å². The van der Waals surface area contributed by atoms with Crippen LogP contribution in [0.15, 0.2) is 142 Å². The van der Waals surface area contributed by atoms with Gasteiger partial charge in [-0.15, -0.1) is 11.3 Å². The van der Waals surface area contributed by atoms with Crippen molar-refractivity contribution >= 4 is 126 Å². The molecule has 0 bridgehead atoms. The fourth-order valence-electron chi connectivity index (χ4n) is 12.6. The topological polar surface area (TPSA) is 34.5 Å². The van der Waals surface area contributed by atoms with Crippen molar-refractivity contribution in [1.82, 2.24) is 4.57 Å². The van der Waals surface area contributed by atoms with Gasteiger partial charge in [-0.25, -0.2) is 0 Å². The highest BCUT2D eigenvalue weighted by Crippen LogP contribution is 2.52. The Morgan fingerprint density at radius 1 is 0.561 bits per heavy atom. The van der Waals surface area contributed by atoms with Crippen LogP contribution in [0.1, 0.15) is 78.0 Å². The molecule has 2 aliphatic heterocycles. The summed E-state index contributed by atoms with van der Waals surface area (Å²) in [7, 11) is 0. The van der Waals surface area contributed by atoms with E-state index in [9.17, 15) is 0 Å². The second-order valence-electron chi connectivity index (χ2n) is 21.9. The molecular weight excluding hydrogens is 824 g/mol. The van der Waals surface area contributed by atoms with Crippen LogP contribution < -0.4 is 15.7 Å².